The average molecular weight is 320 g/mol. The van der Waals surface area contributed by atoms with Gasteiger partial charge in [0.1, 0.15) is 11.5 Å². The molecule has 0 radical (unpaired) electrons. The zero-order valence-electron chi connectivity index (χ0n) is 12.7. The van der Waals surface area contributed by atoms with Crippen molar-refractivity contribution in [2.24, 2.45) is 0 Å². The minimum atomic E-state index is -0.0753. The van der Waals surface area contributed by atoms with Crippen LogP contribution in [0, 0.1) is 0 Å². The highest BCUT2D eigenvalue weighted by atomic mass is 16.3. The van der Waals surface area contributed by atoms with Gasteiger partial charge in [0.05, 0.1) is 0 Å². The standard InChI is InChI=1S/2C10H8O2/c11-9-3-1-7-5-10(12)4-2-8(7)6-9;11-9-6-5-7-3-1-2-4-8(7)10(9)12/h2*1-6,11-12H. The van der Waals surface area contributed by atoms with Crippen LogP contribution in [0.5, 0.6) is 23.0 Å². The zero-order valence-corrected chi connectivity index (χ0v) is 12.7. The third-order valence-corrected chi connectivity index (χ3v) is 3.69. The number of phenols is 4. The molecule has 4 heteroatoms. The second-order valence-corrected chi connectivity index (χ2v) is 5.37. The molecule has 0 saturated heterocycles. The van der Waals surface area contributed by atoms with E-state index < -0.39 is 0 Å². The van der Waals surface area contributed by atoms with Gasteiger partial charge in [-0.1, -0.05) is 42.5 Å². The smallest absolute Gasteiger partial charge is 0.165 e. The fourth-order valence-electron chi connectivity index (χ4n) is 2.46. The van der Waals surface area contributed by atoms with Crippen LogP contribution in [0.25, 0.3) is 21.5 Å². The van der Waals surface area contributed by atoms with Crippen LogP contribution in [0.2, 0.25) is 0 Å². The second kappa shape index (κ2) is 6.38. The Morgan fingerprint density at radius 3 is 1.67 bits per heavy atom. The van der Waals surface area contributed by atoms with E-state index in [-0.39, 0.29) is 23.0 Å². The van der Waals surface area contributed by atoms with Crippen LogP contribution in [-0.4, -0.2) is 20.4 Å². The van der Waals surface area contributed by atoms with Crippen LogP contribution in [0.3, 0.4) is 0 Å². The van der Waals surface area contributed by atoms with E-state index in [9.17, 15) is 5.11 Å². The molecule has 4 aromatic carbocycles. The summed E-state index contributed by atoms with van der Waals surface area (Å²) in [6, 6.07) is 20.7. The Hall–Kier alpha value is -3.40. The summed E-state index contributed by atoms with van der Waals surface area (Å²) in [5.74, 6) is 0.364. The molecule has 0 aromatic heterocycles. The quantitative estimate of drug-likeness (QED) is 0.360. The van der Waals surface area contributed by atoms with Crippen molar-refractivity contribution >= 4 is 21.5 Å². The summed E-state index contributed by atoms with van der Waals surface area (Å²) in [6.07, 6.45) is 0. The predicted molar refractivity (Wildman–Crippen MR) is 94.6 cm³/mol. The largest absolute Gasteiger partial charge is 0.508 e. The summed E-state index contributed by atoms with van der Waals surface area (Å²) in [5, 5.41) is 40.3. The Morgan fingerprint density at radius 1 is 0.500 bits per heavy atom. The molecule has 120 valence electrons. The number of rotatable bonds is 0. The highest BCUT2D eigenvalue weighted by Crippen LogP contribution is 2.32. The van der Waals surface area contributed by atoms with Crippen molar-refractivity contribution < 1.29 is 20.4 Å². The molecule has 0 amide bonds. The van der Waals surface area contributed by atoms with Gasteiger partial charge in [-0.15, -0.1) is 0 Å². The van der Waals surface area contributed by atoms with Gasteiger partial charge in [0, 0.05) is 5.39 Å². The van der Waals surface area contributed by atoms with E-state index in [1.165, 1.54) is 6.07 Å². The van der Waals surface area contributed by atoms with E-state index in [1.807, 2.05) is 18.2 Å². The molecule has 0 unspecified atom stereocenters. The number of hydrogen-bond donors (Lipinski definition) is 4. The third-order valence-electron chi connectivity index (χ3n) is 3.69. The van der Waals surface area contributed by atoms with Crippen molar-refractivity contribution in [1.29, 1.82) is 0 Å². The highest BCUT2D eigenvalue weighted by Gasteiger charge is 2.02. The minimum absolute atomic E-state index is 0.0481. The number of phenolic OH excluding ortho intramolecular Hbond substituents is 4. The van der Waals surface area contributed by atoms with Gasteiger partial charge >= 0.3 is 0 Å². The molecule has 0 aliphatic rings. The maximum Gasteiger partial charge on any atom is 0.165 e. The molecular weight excluding hydrogens is 304 g/mol. The summed E-state index contributed by atoms with van der Waals surface area (Å²) in [7, 11) is 0. The molecular formula is C20H16O4. The van der Waals surface area contributed by atoms with E-state index in [0.29, 0.717) is 5.39 Å². The Balaban J connectivity index is 0.000000141. The van der Waals surface area contributed by atoms with Crippen LogP contribution in [0.1, 0.15) is 0 Å². The first-order chi connectivity index (χ1) is 11.5. The first-order valence-corrected chi connectivity index (χ1v) is 7.36. The molecule has 4 rings (SSSR count). The first kappa shape index (κ1) is 15.5. The normalized spacial score (nSPS) is 10.3. The Kier molecular flexibility index (Phi) is 4.12. The van der Waals surface area contributed by atoms with Crippen molar-refractivity contribution in [2.45, 2.75) is 0 Å². The average Bonchev–Trinajstić information content (AvgIpc) is 2.59. The van der Waals surface area contributed by atoms with Gasteiger partial charge in [-0.2, -0.15) is 0 Å². The van der Waals surface area contributed by atoms with Gasteiger partial charge in [0.2, 0.25) is 0 Å². The molecule has 0 bridgehead atoms. The van der Waals surface area contributed by atoms with Crippen LogP contribution in [-0.2, 0) is 0 Å². The maximum absolute atomic E-state index is 9.41. The summed E-state index contributed by atoms with van der Waals surface area (Å²) in [5.41, 5.74) is 0. The number of aromatic hydroxyl groups is 4. The molecule has 0 aliphatic heterocycles. The fraction of sp³-hybridized carbons (Fsp3) is 0. The van der Waals surface area contributed by atoms with E-state index in [1.54, 1.807) is 48.5 Å². The molecule has 0 saturated carbocycles. The lowest BCUT2D eigenvalue weighted by Crippen LogP contribution is -1.73. The van der Waals surface area contributed by atoms with Gasteiger partial charge in [0.25, 0.3) is 0 Å². The predicted octanol–water partition coefficient (Wildman–Crippen LogP) is 4.50. The van der Waals surface area contributed by atoms with E-state index >= 15 is 0 Å². The monoisotopic (exact) mass is 320 g/mol. The van der Waals surface area contributed by atoms with Crippen molar-refractivity contribution in [3.63, 3.8) is 0 Å². The van der Waals surface area contributed by atoms with Crippen molar-refractivity contribution in [3.8, 4) is 23.0 Å². The highest BCUT2D eigenvalue weighted by molar-refractivity contribution is 5.90. The molecule has 0 heterocycles. The van der Waals surface area contributed by atoms with E-state index in [2.05, 4.69) is 0 Å². The topological polar surface area (TPSA) is 80.9 Å². The van der Waals surface area contributed by atoms with Crippen molar-refractivity contribution in [2.75, 3.05) is 0 Å². The summed E-state index contributed by atoms with van der Waals surface area (Å²) in [4.78, 5) is 0. The lowest BCUT2D eigenvalue weighted by molar-refractivity contribution is 0.408. The van der Waals surface area contributed by atoms with Crippen LogP contribution in [0.4, 0.5) is 0 Å². The van der Waals surface area contributed by atoms with Crippen molar-refractivity contribution in [3.05, 3.63) is 72.8 Å². The van der Waals surface area contributed by atoms with Crippen molar-refractivity contribution in [1.82, 2.24) is 0 Å². The molecule has 4 nitrogen and oxygen atoms in total. The lowest BCUT2D eigenvalue weighted by atomic mass is 10.1. The Labute approximate surface area is 138 Å². The summed E-state index contributed by atoms with van der Waals surface area (Å²) >= 11 is 0. The van der Waals surface area contributed by atoms with Crippen LogP contribution in [0.15, 0.2) is 72.8 Å². The molecule has 0 aliphatic carbocycles. The molecule has 24 heavy (non-hydrogen) atoms. The van der Waals surface area contributed by atoms with E-state index in [0.717, 1.165) is 16.2 Å². The lowest BCUT2D eigenvalue weighted by Gasteiger charge is -2.01. The Morgan fingerprint density at radius 2 is 1.04 bits per heavy atom. The van der Waals surface area contributed by atoms with Gasteiger partial charge in [-0.25, -0.2) is 0 Å². The molecule has 4 N–H and O–H groups in total. The Bertz CT molecular complexity index is 966. The fourth-order valence-corrected chi connectivity index (χ4v) is 2.46. The van der Waals surface area contributed by atoms with Gasteiger partial charge in [-0.3, -0.25) is 0 Å². The number of fused-ring (bicyclic) bond motifs is 2. The molecule has 0 fully saturated rings. The summed E-state index contributed by atoms with van der Waals surface area (Å²) < 4.78 is 0. The van der Waals surface area contributed by atoms with E-state index in [4.69, 9.17) is 15.3 Å². The van der Waals surface area contributed by atoms with Gasteiger partial charge in [0.15, 0.2) is 11.5 Å². The minimum Gasteiger partial charge on any atom is -0.508 e. The molecule has 4 aromatic rings. The third kappa shape index (κ3) is 3.17. The SMILES string of the molecule is Oc1ccc2cc(O)ccc2c1.Oc1ccc2ccccc2c1O. The second-order valence-electron chi connectivity index (χ2n) is 5.37. The number of hydrogen-bond acceptors (Lipinski definition) is 4. The molecule has 0 atom stereocenters. The number of benzene rings is 4. The van der Waals surface area contributed by atoms with Crippen LogP contribution < -0.4 is 0 Å². The van der Waals surface area contributed by atoms with Gasteiger partial charge in [-0.05, 0) is 46.5 Å². The summed E-state index contributed by atoms with van der Waals surface area (Å²) in [6.45, 7) is 0. The van der Waals surface area contributed by atoms with Crippen LogP contribution >= 0.6 is 0 Å². The maximum atomic E-state index is 9.41. The molecule has 0 spiro atoms. The first-order valence-electron chi connectivity index (χ1n) is 7.36. The zero-order chi connectivity index (χ0) is 17.1. The van der Waals surface area contributed by atoms with Gasteiger partial charge < -0.3 is 20.4 Å².